The highest BCUT2D eigenvalue weighted by Crippen LogP contribution is 2.33. The number of hydrogen-bond acceptors (Lipinski definition) is 4. The summed E-state index contributed by atoms with van der Waals surface area (Å²) < 4.78 is 41.5. The quantitative estimate of drug-likeness (QED) is 0.681. The van der Waals surface area contributed by atoms with Crippen LogP contribution in [0.5, 0.6) is 0 Å². The van der Waals surface area contributed by atoms with Crippen LogP contribution >= 0.6 is 23.4 Å². The van der Waals surface area contributed by atoms with E-state index in [2.05, 4.69) is 15.3 Å². The number of hydrogen-bond donors (Lipinski definition) is 0. The van der Waals surface area contributed by atoms with Gasteiger partial charge in [-0.25, -0.2) is 0 Å². The van der Waals surface area contributed by atoms with Crippen molar-refractivity contribution in [2.75, 3.05) is 0 Å². The van der Waals surface area contributed by atoms with Crippen molar-refractivity contribution in [2.45, 2.75) is 17.1 Å². The number of aryl methyl sites for hydroxylation is 1. The molecular formula is C12H9ClF3N5S. The molecule has 0 saturated heterocycles. The summed E-state index contributed by atoms with van der Waals surface area (Å²) >= 11 is 7.12. The molecule has 22 heavy (non-hydrogen) atoms. The zero-order chi connectivity index (χ0) is 15.9. The van der Waals surface area contributed by atoms with Gasteiger partial charge < -0.3 is 0 Å². The van der Waals surface area contributed by atoms with Crippen LogP contribution in [0.4, 0.5) is 13.2 Å². The summed E-state index contributed by atoms with van der Waals surface area (Å²) in [6.45, 7) is 0. The summed E-state index contributed by atoms with van der Waals surface area (Å²) in [5, 5.41) is 12.0. The van der Waals surface area contributed by atoms with E-state index >= 15 is 0 Å². The van der Waals surface area contributed by atoms with Gasteiger partial charge in [-0.1, -0.05) is 23.4 Å². The van der Waals surface area contributed by atoms with E-state index < -0.39 is 11.7 Å². The van der Waals surface area contributed by atoms with E-state index in [-0.39, 0.29) is 10.7 Å². The maximum absolute atomic E-state index is 12.9. The average molecular weight is 348 g/mol. The van der Waals surface area contributed by atoms with Crippen molar-refractivity contribution in [2.24, 2.45) is 7.05 Å². The number of halogens is 4. The number of thioether (sulfide) groups is 1. The van der Waals surface area contributed by atoms with Gasteiger partial charge in [-0.15, -0.1) is 10.2 Å². The first-order chi connectivity index (χ1) is 10.4. The van der Waals surface area contributed by atoms with Crippen molar-refractivity contribution < 1.29 is 13.2 Å². The van der Waals surface area contributed by atoms with Gasteiger partial charge in [0.1, 0.15) is 0 Å². The van der Waals surface area contributed by atoms with Crippen LogP contribution < -0.4 is 0 Å². The molecule has 3 aromatic heterocycles. The second-order valence-electron chi connectivity index (χ2n) is 4.49. The highest BCUT2D eigenvalue weighted by molar-refractivity contribution is 7.98. The molecule has 0 saturated carbocycles. The number of aromatic nitrogens is 5. The fourth-order valence-electron chi connectivity index (χ4n) is 1.87. The molecule has 3 heterocycles. The van der Waals surface area contributed by atoms with Gasteiger partial charge in [-0.3, -0.25) is 9.08 Å². The first-order valence-electron chi connectivity index (χ1n) is 6.07. The monoisotopic (exact) mass is 347 g/mol. The summed E-state index contributed by atoms with van der Waals surface area (Å²) in [6.07, 6.45) is -1.88. The molecule has 0 unspecified atom stereocenters. The van der Waals surface area contributed by atoms with Crippen molar-refractivity contribution in [3.8, 4) is 0 Å². The van der Waals surface area contributed by atoms with Gasteiger partial charge >= 0.3 is 6.18 Å². The first-order valence-corrected chi connectivity index (χ1v) is 7.44. The Kier molecular flexibility index (Phi) is 3.77. The second-order valence-corrected chi connectivity index (χ2v) is 5.84. The molecule has 0 amide bonds. The van der Waals surface area contributed by atoms with Gasteiger partial charge in [0, 0.05) is 30.9 Å². The van der Waals surface area contributed by atoms with Gasteiger partial charge in [-0.2, -0.15) is 18.3 Å². The first kappa shape index (κ1) is 15.2. The van der Waals surface area contributed by atoms with E-state index in [0.717, 1.165) is 18.0 Å². The normalized spacial score (nSPS) is 12.2. The summed E-state index contributed by atoms with van der Waals surface area (Å²) in [6, 6.07) is 2.67. The van der Waals surface area contributed by atoms with Gasteiger partial charge in [0.2, 0.25) is 0 Å². The zero-order valence-electron chi connectivity index (χ0n) is 11.2. The van der Waals surface area contributed by atoms with Crippen molar-refractivity contribution in [3.05, 3.63) is 40.8 Å². The van der Waals surface area contributed by atoms with Crippen LogP contribution in [0.25, 0.3) is 5.65 Å². The molecular weight excluding hydrogens is 339 g/mol. The molecule has 0 aliphatic carbocycles. The predicted molar refractivity (Wildman–Crippen MR) is 75.8 cm³/mol. The lowest BCUT2D eigenvalue weighted by molar-refractivity contribution is -0.137. The average Bonchev–Trinajstić information content (AvgIpc) is 3.02. The Hall–Kier alpha value is -1.74. The van der Waals surface area contributed by atoms with E-state index in [1.807, 2.05) is 6.07 Å². The van der Waals surface area contributed by atoms with Crippen LogP contribution in [0, 0.1) is 0 Å². The number of alkyl halides is 3. The highest BCUT2D eigenvalue weighted by atomic mass is 35.5. The Morgan fingerprint density at radius 2 is 2.09 bits per heavy atom. The number of fused-ring (bicyclic) bond motifs is 1. The molecule has 3 aromatic rings. The molecule has 0 spiro atoms. The minimum absolute atomic E-state index is 0.0882. The fraction of sp³-hybridized carbons (Fsp3) is 0.250. The van der Waals surface area contributed by atoms with E-state index in [1.165, 1.54) is 16.2 Å². The fourth-order valence-corrected chi connectivity index (χ4v) is 3.05. The SMILES string of the molecule is Cn1nccc1CSc1nnc2c(Cl)cc(C(F)(F)F)cn12. The summed E-state index contributed by atoms with van der Waals surface area (Å²) in [5.74, 6) is 0.505. The zero-order valence-corrected chi connectivity index (χ0v) is 12.7. The maximum atomic E-state index is 12.9. The van der Waals surface area contributed by atoms with Crippen LogP contribution in [-0.2, 0) is 19.0 Å². The predicted octanol–water partition coefficient (Wildman–Crippen LogP) is 3.43. The smallest absolute Gasteiger partial charge is 0.276 e. The largest absolute Gasteiger partial charge is 0.417 e. The van der Waals surface area contributed by atoms with Crippen molar-refractivity contribution >= 4 is 29.0 Å². The summed E-state index contributed by atoms with van der Waals surface area (Å²) in [5.41, 5.74) is 0.272. The molecule has 0 N–H and O–H groups in total. The topological polar surface area (TPSA) is 48.0 Å². The number of pyridine rings is 1. The minimum atomic E-state index is -4.48. The molecule has 0 aliphatic heterocycles. The minimum Gasteiger partial charge on any atom is -0.276 e. The van der Waals surface area contributed by atoms with E-state index in [0.29, 0.717) is 10.9 Å². The van der Waals surface area contributed by atoms with Gasteiger partial charge in [0.15, 0.2) is 10.8 Å². The Morgan fingerprint density at radius 3 is 2.73 bits per heavy atom. The van der Waals surface area contributed by atoms with Crippen LogP contribution in [0.3, 0.4) is 0 Å². The lowest BCUT2D eigenvalue weighted by Gasteiger charge is -2.08. The number of rotatable bonds is 3. The van der Waals surface area contributed by atoms with Gasteiger partial charge in [-0.05, 0) is 12.1 Å². The van der Waals surface area contributed by atoms with E-state index in [1.54, 1.807) is 17.9 Å². The molecule has 0 fully saturated rings. The molecule has 10 heteroatoms. The summed E-state index contributed by atoms with van der Waals surface area (Å²) in [7, 11) is 1.79. The Bertz CT molecular complexity index is 826. The maximum Gasteiger partial charge on any atom is 0.417 e. The van der Waals surface area contributed by atoms with Crippen LogP contribution in [-0.4, -0.2) is 24.4 Å². The van der Waals surface area contributed by atoms with E-state index in [9.17, 15) is 13.2 Å². The molecule has 0 bridgehead atoms. The van der Waals surface area contributed by atoms with Crippen molar-refractivity contribution in [1.29, 1.82) is 0 Å². The third-order valence-corrected chi connectivity index (χ3v) is 4.28. The van der Waals surface area contributed by atoms with E-state index in [4.69, 9.17) is 11.6 Å². The molecule has 0 aliphatic rings. The highest BCUT2D eigenvalue weighted by Gasteiger charge is 2.32. The van der Waals surface area contributed by atoms with Gasteiger partial charge in [0.25, 0.3) is 0 Å². The van der Waals surface area contributed by atoms with Crippen LogP contribution in [0.1, 0.15) is 11.3 Å². The number of nitrogens with zero attached hydrogens (tertiary/aromatic N) is 5. The Morgan fingerprint density at radius 1 is 1.32 bits per heavy atom. The molecule has 0 atom stereocenters. The van der Waals surface area contributed by atoms with Crippen LogP contribution in [0.2, 0.25) is 5.02 Å². The van der Waals surface area contributed by atoms with Crippen LogP contribution in [0.15, 0.2) is 29.7 Å². The standard InChI is InChI=1S/C12H9ClF3N5S/c1-20-8(2-3-17-20)6-22-11-19-18-10-9(13)4-7(5-21(10)11)12(14,15)16/h2-5H,6H2,1H3. The van der Waals surface area contributed by atoms with Crippen molar-refractivity contribution in [3.63, 3.8) is 0 Å². The molecule has 5 nitrogen and oxygen atoms in total. The second kappa shape index (κ2) is 5.47. The molecule has 0 radical (unpaired) electrons. The Balaban J connectivity index is 1.96. The summed E-state index contributed by atoms with van der Waals surface area (Å²) in [4.78, 5) is 0. The molecule has 116 valence electrons. The third kappa shape index (κ3) is 2.78. The lowest BCUT2D eigenvalue weighted by Crippen LogP contribution is -2.07. The third-order valence-electron chi connectivity index (χ3n) is 3.03. The molecule has 0 aromatic carbocycles. The van der Waals surface area contributed by atoms with Gasteiger partial charge in [0.05, 0.1) is 10.6 Å². The van der Waals surface area contributed by atoms with Crippen molar-refractivity contribution in [1.82, 2.24) is 24.4 Å². The Labute approximate surface area is 132 Å². The lowest BCUT2D eigenvalue weighted by atomic mass is 10.3. The molecule has 3 rings (SSSR count).